The second-order valence-corrected chi connectivity index (χ2v) is 6.16. The Labute approximate surface area is 125 Å². The molecule has 4 rings (SSSR count). The summed E-state index contributed by atoms with van der Waals surface area (Å²) in [7, 11) is 0. The van der Waals surface area contributed by atoms with Crippen LogP contribution in [0.2, 0.25) is 0 Å². The molecule has 2 saturated heterocycles. The van der Waals surface area contributed by atoms with Crippen molar-refractivity contribution in [3.63, 3.8) is 0 Å². The largest absolute Gasteiger partial charge is 0.326 e. The molecule has 2 aromatic rings. The van der Waals surface area contributed by atoms with E-state index in [-0.39, 0.29) is 0 Å². The zero-order valence-corrected chi connectivity index (χ0v) is 12.3. The van der Waals surface area contributed by atoms with Crippen molar-refractivity contribution in [1.29, 1.82) is 0 Å². The maximum absolute atomic E-state index is 4.51. The summed E-state index contributed by atoms with van der Waals surface area (Å²) < 4.78 is 2.34. The lowest BCUT2D eigenvalue weighted by Crippen LogP contribution is -2.38. The van der Waals surface area contributed by atoms with E-state index in [0.717, 1.165) is 17.7 Å². The van der Waals surface area contributed by atoms with Crippen LogP contribution in [0.1, 0.15) is 31.7 Å². The maximum atomic E-state index is 4.51. The third kappa shape index (κ3) is 2.56. The third-order valence-electron chi connectivity index (χ3n) is 4.88. The molecule has 0 aliphatic carbocycles. The van der Waals surface area contributed by atoms with E-state index in [4.69, 9.17) is 0 Å². The van der Waals surface area contributed by atoms with Crippen molar-refractivity contribution in [2.45, 2.75) is 37.8 Å². The van der Waals surface area contributed by atoms with Crippen LogP contribution >= 0.6 is 0 Å². The summed E-state index contributed by atoms with van der Waals surface area (Å²) in [6.07, 6.45) is 9.27. The van der Waals surface area contributed by atoms with Crippen LogP contribution in [-0.2, 0) is 0 Å². The number of fused-ring (bicyclic) bond motifs is 1. The molecule has 110 valence electrons. The van der Waals surface area contributed by atoms with E-state index in [2.05, 4.69) is 38.1 Å². The van der Waals surface area contributed by atoms with E-state index in [0.29, 0.717) is 6.04 Å². The van der Waals surface area contributed by atoms with Crippen molar-refractivity contribution in [3.8, 4) is 0 Å². The van der Waals surface area contributed by atoms with Crippen LogP contribution in [0.3, 0.4) is 0 Å². The average Bonchev–Trinajstić information content (AvgIpc) is 3.16. The van der Waals surface area contributed by atoms with Crippen LogP contribution in [0.4, 0.5) is 11.6 Å². The quantitative estimate of drug-likeness (QED) is 0.936. The lowest BCUT2D eigenvalue weighted by atomic mass is 9.97. The van der Waals surface area contributed by atoms with Crippen molar-refractivity contribution in [3.05, 3.63) is 42.7 Å². The van der Waals surface area contributed by atoms with Crippen molar-refractivity contribution < 1.29 is 0 Å². The first-order valence-corrected chi connectivity index (χ1v) is 7.99. The maximum Gasteiger partial charge on any atom is 0.207 e. The minimum Gasteiger partial charge on any atom is -0.326 e. The molecule has 1 aromatic carbocycles. The molecule has 0 amide bonds. The molecule has 0 spiro atoms. The predicted molar refractivity (Wildman–Crippen MR) is 84.8 cm³/mol. The van der Waals surface area contributed by atoms with Crippen molar-refractivity contribution >= 4 is 11.6 Å². The molecule has 4 nitrogen and oxygen atoms in total. The van der Waals surface area contributed by atoms with Gasteiger partial charge in [0.05, 0.1) is 0 Å². The van der Waals surface area contributed by atoms with Gasteiger partial charge in [-0.1, -0.05) is 18.2 Å². The Balaban J connectivity index is 1.52. The van der Waals surface area contributed by atoms with Gasteiger partial charge in [0.15, 0.2) is 0 Å². The first kappa shape index (κ1) is 12.9. The summed E-state index contributed by atoms with van der Waals surface area (Å²) >= 11 is 0. The third-order valence-corrected chi connectivity index (χ3v) is 4.88. The van der Waals surface area contributed by atoms with Crippen LogP contribution in [-0.4, -0.2) is 33.6 Å². The molecule has 2 fully saturated rings. The van der Waals surface area contributed by atoms with Gasteiger partial charge in [0.1, 0.15) is 0 Å². The van der Waals surface area contributed by atoms with Crippen molar-refractivity contribution in [2.75, 3.05) is 18.4 Å². The van der Waals surface area contributed by atoms with Gasteiger partial charge in [-0.15, -0.1) is 0 Å². The van der Waals surface area contributed by atoms with Gasteiger partial charge in [0.25, 0.3) is 0 Å². The fourth-order valence-electron chi connectivity index (χ4n) is 3.81. The molecule has 2 atom stereocenters. The van der Waals surface area contributed by atoms with E-state index in [1.807, 2.05) is 24.4 Å². The monoisotopic (exact) mass is 282 g/mol. The Morgan fingerprint density at radius 3 is 2.86 bits per heavy atom. The van der Waals surface area contributed by atoms with Gasteiger partial charge in [0, 0.05) is 36.7 Å². The van der Waals surface area contributed by atoms with Gasteiger partial charge in [-0.3, -0.25) is 0 Å². The molecule has 4 heteroatoms. The number of nitrogens with zero attached hydrogens (tertiary/aromatic N) is 3. The van der Waals surface area contributed by atoms with Gasteiger partial charge in [0.2, 0.25) is 5.95 Å². The topological polar surface area (TPSA) is 33.1 Å². The number of nitrogens with one attached hydrogen (secondary N) is 1. The molecule has 0 radical (unpaired) electrons. The summed E-state index contributed by atoms with van der Waals surface area (Å²) in [5.41, 5.74) is 1.10. The highest BCUT2D eigenvalue weighted by Gasteiger charge is 2.32. The Bertz CT molecular complexity index is 592. The molecule has 1 aromatic heterocycles. The Morgan fingerprint density at radius 1 is 1.05 bits per heavy atom. The second-order valence-electron chi connectivity index (χ2n) is 6.16. The number of rotatable bonds is 3. The molecule has 1 N–H and O–H groups in total. The van der Waals surface area contributed by atoms with Gasteiger partial charge in [-0.05, 0) is 44.4 Å². The number of para-hydroxylation sites is 1. The van der Waals surface area contributed by atoms with Crippen molar-refractivity contribution in [2.24, 2.45) is 0 Å². The Morgan fingerprint density at radius 2 is 1.95 bits per heavy atom. The fourth-order valence-corrected chi connectivity index (χ4v) is 3.81. The van der Waals surface area contributed by atoms with Crippen LogP contribution < -0.4 is 5.32 Å². The van der Waals surface area contributed by atoms with Crippen LogP contribution in [0, 0.1) is 0 Å². The molecule has 0 saturated carbocycles. The summed E-state index contributed by atoms with van der Waals surface area (Å²) in [6, 6.07) is 11.7. The molecule has 21 heavy (non-hydrogen) atoms. The number of hydrogen-bond donors (Lipinski definition) is 1. The van der Waals surface area contributed by atoms with E-state index >= 15 is 0 Å². The molecular formula is C17H22N4. The predicted octanol–water partition coefficient (Wildman–Crippen LogP) is 3.43. The van der Waals surface area contributed by atoms with E-state index in [1.165, 1.54) is 38.8 Å². The number of benzene rings is 1. The molecular weight excluding hydrogens is 260 g/mol. The van der Waals surface area contributed by atoms with Gasteiger partial charge >= 0.3 is 0 Å². The summed E-state index contributed by atoms with van der Waals surface area (Å²) in [4.78, 5) is 7.17. The molecule has 0 bridgehead atoms. The number of anilines is 2. The molecule has 3 heterocycles. The lowest BCUT2D eigenvalue weighted by Gasteiger charge is -2.35. The van der Waals surface area contributed by atoms with Crippen molar-refractivity contribution in [1.82, 2.24) is 14.5 Å². The van der Waals surface area contributed by atoms with E-state index in [1.54, 1.807) is 0 Å². The first-order chi connectivity index (χ1) is 10.4. The first-order valence-electron chi connectivity index (χ1n) is 7.99. The SMILES string of the molecule is c1ccc(Nc2nccn2C2CCN3CCCC3C2)cc1. The van der Waals surface area contributed by atoms with Crippen LogP contribution in [0.25, 0.3) is 0 Å². The standard InChI is InChI=1S/C17H22N4/c1-2-5-14(6-3-1)19-17-18-9-12-21(17)16-8-11-20-10-4-7-15(20)13-16/h1-3,5-6,9,12,15-16H,4,7-8,10-11,13H2,(H,18,19). The minimum absolute atomic E-state index is 0.582. The van der Waals surface area contributed by atoms with Crippen LogP contribution in [0.5, 0.6) is 0 Å². The fraction of sp³-hybridized carbons (Fsp3) is 0.471. The minimum atomic E-state index is 0.582. The highest BCUT2D eigenvalue weighted by molar-refractivity contribution is 5.53. The lowest BCUT2D eigenvalue weighted by molar-refractivity contribution is 0.156. The number of piperidine rings is 1. The second kappa shape index (κ2) is 5.53. The van der Waals surface area contributed by atoms with E-state index in [9.17, 15) is 0 Å². The van der Waals surface area contributed by atoms with Gasteiger partial charge in [-0.2, -0.15) is 0 Å². The smallest absolute Gasteiger partial charge is 0.207 e. The zero-order chi connectivity index (χ0) is 14.1. The summed E-state index contributed by atoms with van der Waals surface area (Å²) in [5, 5.41) is 3.45. The summed E-state index contributed by atoms with van der Waals surface area (Å²) in [6.45, 7) is 2.54. The highest BCUT2D eigenvalue weighted by atomic mass is 15.2. The number of aromatic nitrogens is 2. The zero-order valence-electron chi connectivity index (χ0n) is 12.3. The molecule has 2 aliphatic heterocycles. The van der Waals surface area contributed by atoms with E-state index < -0.39 is 0 Å². The summed E-state index contributed by atoms with van der Waals surface area (Å²) in [5.74, 6) is 0.970. The number of hydrogen-bond acceptors (Lipinski definition) is 3. The molecule has 2 unspecified atom stereocenters. The Hall–Kier alpha value is -1.81. The van der Waals surface area contributed by atoms with Gasteiger partial charge in [-0.25, -0.2) is 4.98 Å². The highest BCUT2D eigenvalue weighted by Crippen LogP contribution is 2.34. The molecule has 2 aliphatic rings. The average molecular weight is 282 g/mol. The normalized spacial score (nSPS) is 25.7. The van der Waals surface area contributed by atoms with Gasteiger partial charge < -0.3 is 14.8 Å². The number of imidazole rings is 1. The van der Waals surface area contributed by atoms with Crippen LogP contribution in [0.15, 0.2) is 42.7 Å². The Kier molecular flexibility index (Phi) is 3.39.